The van der Waals surface area contributed by atoms with E-state index in [1.165, 1.54) is 0 Å². The summed E-state index contributed by atoms with van der Waals surface area (Å²) in [7, 11) is 0. The SMILES string of the molecule is OCc1ccc2c(c1)ncn2-c1cccc(-c2ccc[nH]2)c1. The summed E-state index contributed by atoms with van der Waals surface area (Å²) >= 11 is 0. The van der Waals surface area contributed by atoms with Gasteiger partial charge in [-0.25, -0.2) is 4.98 Å². The molecule has 0 unspecified atom stereocenters. The van der Waals surface area contributed by atoms with Crippen LogP contribution in [-0.4, -0.2) is 19.6 Å². The number of H-pyrrole nitrogens is 1. The zero-order chi connectivity index (χ0) is 14.9. The van der Waals surface area contributed by atoms with E-state index in [-0.39, 0.29) is 6.61 Å². The van der Waals surface area contributed by atoms with Crippen molar-refractivity contribution in [2.75, 3.05) is 0 Å². The number of hydrogen-bond donors (Lipinski definition) is 2. The van der Waals surface area contributed by atoms with E-state index in [9.17, 15) is 5.11 Å². The third-order valence-corrected chi connectivity index (χ3v) is 3.83. The van der Waals surface area contributed by atoms with Crippen molar-refractivity contribution in [2.45, 2.75) is 6.61 Å². The quantitative estimate of drug-likeness (QED) is 0.606. The molecule has 2 aromatic carbocycles. The number of rotatable bonds is 3. The molecular formula is C18H15N3O. The maximum absolute atomic E-state index is 9.22. The van der Waals surface area contributed by atoms with Crippen molar-refractivity contribution in [3.63, 3.8) is 0 Å². The lowest BCUT2D eigenvalue weighted by Crippen LogP contribution is -1.93. The Morgan fingerprint density at radius 3 is 2.82 bits per heavy atom. The van der Waals surface area contributed by atoms with Crippen molar-refractivity contribution in [1.29, 1.82) is 0 Å². The van der Waals surface area contributed by atoms with Crippen LogP contribution in [0.3, 0.4) is 0 Å². The highest BCUT2D eigenvalue weighted by atomic mass is 16.3. The van der Waals surface area contributed by atoms with Gasteiger partial charge in [-0.1, -0.05) is 18.2 Å². The Hall–Kier alpha value is -2.85. The molecule has 0 aliphatic carbocycles. The Morgan fingerprint density at radius 2 is 2.00 bits per heavy atom. The van der Waals surface area contributed by atoms with Gasteiger partial charge in [-0.05, 0) is 47.5 Å². The molecule has 4 heteroatoms. The molecule has 0 saturated heterocycles. The topological polar surface area (TPSA) is 53.8 Å². The minimum Gasteiger partial charge on any atom is -0.392 e. The van der Waals surface area contributed by atoms with Gasteiger partial charge in [0.15, 0.2) is 0 Å². The summed E-state index contributed by atoms with van der Waals surface area (Å²) in [5.41, 5.74) is 6.08. The predicted octanol–water partition coefficient (Wildman–Crippen LogP) is 3.51. The Bertz CT molecular complexity index is 923. The maximum atomic E-state index is 9.22. The molecule has 0 bridgehead atoms. The summed E-state index contributed by atoms with van der Waals surface area (Å²) in [6.07, 6.45) is 3.74. The Kier molecular flexibility index (Phi) is 3.02. The van der Waals surface area contributed by atoms with Gasteiger partial charge in [0, 0.05) is 17.6 Å². The molecule has 0 radical (unpaired) electrons. The van der Waals surface area contributed by atoms with Crippen molar-refractivity contribution in [3.05, 3.63) is 72.7 Å². The van der Waals surface area contributed by atoms with E-state index in [4.69, 9.17) is 0 Å². The number of aromatic nitrogens is 3. The zero-order valence-electron chi connectivity index (χ0n) is 11.9. The van der Waals surface area contributed by atoms with Gasteiger partial charge in [0.2, 0.25) is 0 Å². The van der Waals surface area contributed by atoms with E-state index in [2.05, 4.69) is 38.8 Å². The third kappa shape index (κ3) is 2.10. The molecule has 2 N–H and O–H groups in total. The van der Waals surface area contributed by atoms with Gasteiger partial charge < -0.3 is 10.1 Å². The molecule has 0 aliphatic rings. The van der Waals surface area contributed by atoms with Gasteiger partial charge in [0.25, 0.3) is 0 Å². The van der Waals surface area contributed by atoms with Crippen molar-refractivity contribution < 1.29 is 5.11 Å². The molecule has 0 fully saturated rings. The van der Waals surface area contributed by atoms with E-state index in [1.54, 1.807) is 0 Å². The predicted molar refractivity (Wildman–Crippen MR) is 86.8 cm³/mol. The molecule has 2 aromatic heterocycles. The summed E-state index contributed by atoms with van der Waals surface area (Å²) in [5.74, 6) is 0. The summed E-state index contributed by atoms with van der Waals surface area (Å²) in [4.78, 5) is 7.67. The fourth-order valence-electron chi connectivity index (χ4n) is 2.70. The molecule has 4 nitrogen and oxygen atoms in total. The molecule has 4 rings (SSSR count). The lowest BCUT2D eigenvalue weighted by Gasteiger charge is -2.07. The van der Waals surface area contributed by atoms with Crippen LogP contribution in [0.15, 0.2) is 67.1 Å². The smallest absolute Gasteiger partial charge is 0.100 e. The second-order valence-corrected chi connectivity index (χ2v) is 5.23. The van der Waals surface area contributed by atoms with E-state index >= 15 is 0 Å². The van der Waals surface area contributed by atoms with Crippen molar-refractivity contribution in [2.24, 2.45) is 0 Å². The first kappa shape index (κ1) is 12.9. The van der Waals surface area contributed by atoms with Crippen LogP contribution in [0.1, 0.15) is 5.56 Å². The average Bonchev–Trinajstić information content (AvgIpc) is 3.24. The summed E-state index contributed by atoms with van der Waals surface area (Å²) in [6, 6.07) is 18.2. The summed E-state index contributed by atoms with van der Waals surface area (Å²) in [6.45, 7) is 0.0328. The van der Waals surface area contributed by atoms with Crippen LogP contribution in [0.4, 0.5) is 0 Å². The molecular weight excluding hydrogens is 274 g/mol. The van der Waals surface area contributed by atoms with Gasteiger partial charge >= 0.3 is 0 Å². The number of nitrogens with zero attached hydrogens (tertiary/aromatic N) is 2. The second kappa shape index (κ2) is 5.16. The standard InChI is InChI=1S/C18H15N3O/c22-11-13-6-7-18-17(9-13)20-12-21(18)15-4-1-3-14(10-15)16-5-2-8-19-16/h1-10,12,19,22H,11H2. The summed E-state index contributed by atoms with van der Waals surface area (Å²) < 4.78 is 2.06. The van der Waals surface area contributed by atoms with Crippen molar-refractivity contribution >= 4 is 11.0 Å². The highest BCUT2D eigenvalue weighted by Gasteiger charge is 2.07. The maximum Gasteiger partial charge on any atom is 0.100 e. The third-order valence-electron chi connectivity index (χ3n) is 3.83. The molecule has 108 valence electrons. The largest absolute Gasteiger partial charge is 0.392 e. The van der Waals surface area contributed by atoms with E-state index < -0.39 is 0 Å². The molecule has 0 saturated carbocycles. The van der Waals surface area contributed by atoms with Crippen LogP contribution in [0, 0.1) is 0 Å². The number of aromatic amines is 1. The van der Waals surface area contributed by atoms with Crippen molar-refractivity contribution in [1.82, 2.24) is 14.5 Å². The number of aliphatic hydroxyl groups is 1. The number of imidazole rings is 1. The first-order chi connectivity index (χ1) is 10.8. The minimum absolute atomic E-state index is 0.0328. The van der Waals surface area contributed by atoms with E-state index in [0.717, 1.165) is 33.5 Å². The fourth-order valence-corrected chi connectivity index (χ4v) is 2.70. The summed E-state index contributed by atoms with van der Waals surface area (Å²) in [5, 5.41) is 9.22. The first-order valence-electron chi connectivity index (χ1n) is 7.16. The normalized spacial score (nSPS) is 11.1. The second-order valence-electron chi connectivity index (χ2n) is 5.23. The van der Waals surface area contributed by atoms with Crippen LogP contribution in [-0.2, 0) is 6.61 Å². The lowest BCUT2D eigenvalue weighted by molar-refractivity contribution is 0.282. The van der Waals surface area contributed by atoms with Crippen LogP contribution in [0.5, 0.6) is 0 Å². The highest BCUT2D eigenvalue weighted by Crippen LogP contribution is 2.24. The van der Waals surface area contributed by atoms with Crippen molar-refractivity contribution in [3.8, 4) is 16.9 Å². The number of nitrogens with one attached hydrogen (secondary N) is 1. The van der Waals surface area contributed by atoms with Crippen LogP contribution in [0.2, 0.25) is 0 Å². The lowest BCUT2D eigenvalue weighted by atomic mass is 10.1. The Balaban J connectivity index is 1.84. The fraction of sp³-hybridized carbons (Fsp3) is 0.0556. The first-order valence-corrected chi connectivity index (χ1v) is 7.16. The van der Waals surface area contributed by atoms with Crippen LogP contribution >= 0.6 is 0 Å². The molecule has 0 atom stereocenters. The van der Waals surface area contributed by atoms with Crippen LogP contribution in [0.25, 0.3) is 28.0 Å². The van der Waals surface area contributed by atoms with Gasteiger partial charge in [-0.15, -0.1) is 0 Å². The molecule has 22 heavy (non-hydrogen) atoms. The zero-order valence-corrected chi connectivity index (χ0v) is 11.9. The average molecular weight is 289 g/mol. The number of aliphatic hydroxyl groups excluding tert-OH is 1. The minimum atomic E-state index is 0.0328. The molecule has 4 aromatic rings. The number of fused-ring (bicyclic) bond motifs is 1. The molecule has 2 heterocycles. The molecule has 0 amide bonds. The van der Waals surface area contributed by atoms with Gasteiger partial charge in [0.1, 0.15) is 6.33 Å². The van der Waals surface area contributed by atoms with Gasteiger partial charge in [-0.2, -0.15) is 0 Å². The Morgan fingerprint density at radius 1 is 1.05 bits per heavy atom. The van der Waals surface area contributed by atoms with E-state index in [1.807, 2.05) is 42.9 Å². The van der Waals surface area contributed by atoms with Gasteiger partial charge in [-0.3, -0.25) is 4.57 Å². The number of hydrogen-bond acceptors (Lipinski definition) is 2. The monoisotopic (exact) mass is 289 g/mol. The number of benzene rings is 2. The molecule has 0 spiro atoms. The molecule has 0 aliphatic heterocycles. The Labute approximate surface area is 127 Å². The van der Waals surface area contributed by atoms with Gasteiger partial charge in [0.05, 0.1) is 17.6 Å². The van der Waals surface area contributed by atoms with Crippen LogP contribution < -0.4 is 0 Å². The highest BCUT2D eigenvalue weighted by molar-refractivity contribution is 5.78. The van der Waals surface area contributed by atoms with E-state index in [0.29, 0.717) is 0 Å².